The van der Waals surface area contributed by atoms with E-state index in [9.17, 15) is 9.59 Å². The van der Waals surface area contributed by atoms with Gasteiger partial charge >= 0.3 is 0 Å². The lowest BCUT2D eigenvalue weighted by Crippen LogP contribution is -2.20. The first-order valence-corrected chi connectivity index (χ1v) is 9.09. The van der Waals surface area contributed by atoms with Gasteiger partial charge in [-0.3, -0.25) is 9.59 Å². The van der Waals surface area contributed by atoms with Crippen molar-refractivity contribution in [2.45, 2.75) is 26.7 Å². The van der Waals surface area contributed by atoms with Crippen molar-refractivity contribution >= 4 is 49.9 Å². The number of hydrogen-bond acceptors (Lipinski definition) is 9. The summed E-state index contributed by atoms with van der Waals surface area (Å²) in [6, 6.07) is 0. The number of nitrogens with zero attached hydrogens (tertiary/aromatic N) is 5. The van der Waals surface area contributed by atoms with Gasteiger partial charge in [0.1, 0.15) is 5.01 Å². The maximum absolute atomic E-state index is 11.0. The smallest absolute Gasteiger partial charge is 0.223 e. The molecule has 1 saturated heterocycles. The predicted octanol–water partition coefficient (Wildman–Crippen LogP) is 1.38. The van der Waals surface area contributed by atoms with Gasteiger partial charge in [0.25, 0.3) is 0 Å². The Kier molecular flexibility index (Phi) is 5.00. The summed E-state index contributed by atoms with van der Waals surface area (Å²) < 4.78 is 0. The number of nitrogens with one attached hydrogen (secondary N) is 2. The predicted molar refractivity (Wildman–Crippen MR) is 92.4 cm³/mol. The molecular formula is C13H17N7O2S2. The first-order valence-electron chi connectivity index (χ1n) is 7.45. The molecule has 1 aliphatic heterocycles. The third kappa shape index (κ3) is 4.23. The summed E-state index contributed by atoms with van der Waals surface area (Å²) in [5.41, 5.74) is 0. The van der Waals surface area contributed by atoms with Crippen LogP contribution >= 0.6 is 22.7 Å². The first kappa shape index (κ1) is 16.7. The van der Waals surface area contributed by atoms with Crippen molar-refractivity contribution in [1.29, 1.82) is 0 Å². The second-order valence-electron chi connectivity index (χ2n) is 5.56. The highest BCUT2D eigenvalue weighted by atomic mass is 32.1. The fourth-order valence-corrected chi connectivity index (χ4v) is 4.23. The van der Waals surface area contributed by atoms with E-state index >= 15 is 0 Å². The van der Waals surface area contributed by atoms with E-state index in [-0.39, 0.29) is 11.8 Å². The lowest BCUT2D eigenvalue weighted by Gasteiger charge is -2.13. The van der Waals surface area contributed by atoms with Crippen LogP contribution in [0, 0.1) is 5.92 Å². The minimum atomic E-state index is -0.150. The van der Waals surface area contributed by atoms with E-state index in [2.05, 4.69) is 35.9 Å². The molecule has 11 heteroatoms. The summed E-state index contributed by atoms with van der Waals surface area (Å²) >= 11 is 2.79. The van der Waals surface area contributed by atoms with Gasteiger partial charge in [-0.2, -0.15) is 0 Å². The Labute approximate surface area is 146 Å². The molecular weight excluding hydrogens is 350 g/mol. The summed E-state index contributed by atoms with van der Waals surface area (Å²) in [5, 5.41) is 24.3. The van der Waals surface area contributed by atoms with Crippen molar-refractivity contribution in [3.63, 3.8) is 0 Å². The zero-order valence-corrected chi connectivity index (χ0v) is 14.9. The van der Waals surface area contributed by atoms with E-state index in [0.29, 0.717) is 16.2 Å². The van der Waals surface area contributed by atoms with Crippen LogP contribution in [0.3, 0.4) is 0 Å². The van der Waals surface area contributed by atoms with Crippen LogP contribution in [0.2, 0.25) is 0 Å². The van der Waals surface area contributed by atoms with E-state index in [4.69, 9.17) is 0 Å². The minimum Gasteiger partial charge on any atom is -0.346 e. The van der Waals surface area contributed by atoms with Gasteiger partial charge in [-0.15, -0.1) is 20.4 Å². The number of carbonyl (C=O) groups is 2. The molecule has 0 radical (unpaired) electrons. The molecule has 0 aromatic carbocycles. The average Bonchev–Trinajstić information content (AvgIpc) is 3.19. The van der Waals surface area contributed by atoms with Crippen LogP contribution < -0.4 is 15.5 Å². The van der Waals surface area contributed by atoms with Crippen LogP contribution in [-0.2, 0) is 16.0 Å². The average molecular weight is 367 g/mol. The normalized spacial score (nSPS) is 17.1. The van der Waals surface area contributed by atoms with E-state index in [1.54, 1.807) is 0 Å². The maximum atomic E-state index is 11.0. The van der Waals surface area contributed by atoms with Crippen LogP contribution in [0.25, 0.3) is 0 Å². The number of amides is 2. The number of hydrogen-bond donors (Lipinski definition) is 2. The van der Waals surface area contributed by atoms with Crippen LogP contribution in [-0.4, -0.2) is 45.3 Å². The molecule has 2 aromatic rings. The summed E-state index contributed by atoms with van der Waals surface area (Å²) in [6.07, 6.45) is 1.86. The SMILES string of the molecule is CC(=O)Nc1nnc(C[C@@H]2CCN(c3nnc(NC(C)=O)s3)C2)s1. The van der Waals surface area contributed by atoms with Gasteiger partial charge in [-0.05, 0) is 12.3 Å². The Morgan fingerprint density at radius 3 is 2.46 bits per heavy atom. The molecule has 0 bridgehead atoms. The summed E-state index contributed by atoms with van der Waals surface area (Å²) in [6.45, 7) is 4.66. The molecule has 2 aromatic heterocycles. The molecule has 0 aliphatic carbocycles. The molecule has 3 heterocycles. The van der Waals surface area contributed by atoms with Crippen molar-refractivity contribution in [2.75, 3.05) is 28.6 Å². The Hall–Kier alpha value is -2.14. The Morgan fingerprint density at radius 2 is 1.75 bits per heavy atom. The molecule has 1 atom stereocenters. The Morgan fingerprint density at radius 1 is 1.08 bits per heavy atom. The third-order valence-corrected chi connectivity index (χ3v) is 5.23. The lowest BCUT2D eigenvalue weighted by atomic mass is 10.1. The van der Waals surface area contributed by atoms with E-state index in [1.165, 1.54) is 36.5 Å². The highest BCUT2D eigenvalue weighted by Gasteiger charge is 2.26. The van der Waals surface area contributed by atoms with Gasteiger partial charge in [-0.25, -0.2) is 0 Å². The highest BCUT2D eigenvalue weighted by Crippen LogP contribution is 2.31. The molecule has 128 valence electrons. The monoisotopic (exact) mass is 367 g/mol. The minimum absolute atomic E-state index is 0.143. The van der Waals surface area contributed by atoms with E-state index in [0.717, 1.165) is 36.1 Å². The van der Waals surface area contributed by atoms with Gasteiger partial charge in [0.05, 0.1) is 0 Å². The van der Waals surface area contributed by atoms with Gasteiger partial charge in [0.2, 0.25) is 27.2 Å². The van der Waals surface area contributed by atoms with Gasteiger partial charge < -0.3 is 15.5 Å². The zero-order valence-electron chi connectivity index (χ0n) is 13.3. The van der Waals surface area contributed by atoms with Crippen molar-refractivity contribution in [3.8, 4) is 0 Å². The van der Waals surface area contributed by atoms with E-state index in [1.807, 2.05) is 0 Å². The van der Waals surface area contributed by atoms with Crippen LogP contribution in [0.1, 0.15) is 25.3 Å². The topological polar surface area (TPSA) is 113 Å². The number of aromatic nitrogens is 4. The van der Waals surface area contributed by atoms with Crippen molar-refractivity contribution < 1.29 is 9.59 Å². The van der Waals surface area contributed by atoms with Crippen molar-refractivity contribution in [1.82, 2.24) is 20.4 Å². The molecule has 0 spiro atoms. The maximum Gasteiger partial charge on any atom is 0.223 e. The van der Waals surface area contributed by atoms with Crippen LogP contribution in [0.15, 0.2) is 0 Å². The zero-order chi connectivity index (χ0) is 17.1. The number of anilines is 3. The van der Waals surface area contributed by atoms with E-state index < -0.39 is 0 Å². The van der Waals surface area contributed by atoms with Gasteiger partial charge in [0.15, 0.2) is 0 Å². The summed E-state index contributed by atoms with van der Waals surface area (Å²) in [5.74, 6) is 0.162. The quantitative estimate of drug-likeness (QED) is 0.820. The number of rotatable bonds is 5. The molecule has 2 N–H and O–H groups in total. The third-order valence-electron chi connectivity index (χ3n) is 3.47. The first-order chi connectivity index (χ1) is 11.5. The van der Waals surface area contributed by atoms with Gasteiger partial charge in [-0.1, -0.05) is 22.7 Å². The molecule has 1 aliphatic rings. The molecule has 3 rings (SSSR count). The van der Waals surface area contributed by atoms with Crippen molar-refractivity contribution in [3.05, 3.63) is 5.01 Å². The number of carbonyl (C=O) groups excluding carboxylic acids is 2. The molecule has 0 saturated carbocycles. The van der Waals surface area contributed by atoms with Crippen LogP contribution in [0.4, 0.5) is 15.4 Å². The second-order valence-corrected chi connectivity index (χ2v) is 7.58. The fraction of sp³-hybridized carbons (Fsp3) is 0.538. The lowest BCUT2D eigenvalue weighted by molar-refractivity contribution is -0.115. The molecule has 24 heavy (non-hydrogen) atoms. The Balaban J connectivity index is 1.55. The Bertz CT molecular complexity index is 744. The standard InChI is InChI=1S/C13H17N7O2S2/c1-7(21)14-11-17-16-10(23-11)5-9-3-4-20(6-9)13-19-18-12(24-13)15-8(2)22/h9H,3-6H2,1-2H3,(H,14,17,21)(H,15,18,22)/t9-/m0/s1. The largest absolute Gasteiger partial charge is 0.346 e. The summed E-state index contributed by atoms with van der Waals surface area (Å²) in [7, 11) is 0. The van der Waals surface area contributed by atoms with Crippen molar-refractivity contribution in [2.24, 2.45) is 5.92 Å². The highest BCUT2D eigenvalue weighted by molar-refractivity contribution is 7.19. The molecule has 0 unspecified atom stereocenters. The summed E-state index contributed by atoms with van der Waals surface area (Å²) in [4.78, 5) is 24.2. The van der Waals surface area contributed by atoms with Gasteiger partial charge in [0, 0.05) is 33.4 Å². The second kappa shape index (κ2) is 7.18. The molecule has 1 fully saturated rings. The fourth-order valence-electron chi connectivity index (χ4n) is 2.50. The molecule has 2 amide bonds. The molecule has 9 nitrogen and oxygen atoms in total. The van der Waals surface area contributed by atoms with Crippen LogP contribution in [0.5, 0.6) is 0 Å².